The van der Waals surface area contributed by atoms with E-state index in [0.29, 0.717) is 22.9 Å². The van der Waals surface area contributed by atoms with Crippen molar-refractivity contribution < 1.29 is 4.74 Å². The zero-order chi connectivity index (χ0) is 19.1. The Balaban J connectivity index is 1.61. The van der Waals surface area contributed by atoms with Gasteiger partial charge in [-0.1, -0.05) is 11.8 Å². The van der Waals surface area contributed by atoms with Crippen molar-refractivity contribution in [2.45, 2.75) is 56.7 Å². The van der Waals surface area contributed by atoms with Crippen molar-refractivity contribution in [3.05, 3.63) is 37.1 Å². The van der Waals surface area contributed by atoms with Gasteiger partial charge in [0.15, 0.2) is 5.16 Å². The highest BCUT2D eigenvalue weighted by Gasteiger charge is 2.22. The minimum Gasteiger partial charge on any atom is -0.376 e. The van der Waals surface area contributed by atoms with Gasteiger partial charge in [0.2, 0.25) is 0 Å². The quantitative estimate of drug-likeness (QED) is 0.630. The first-order chi connectivity index (χ1) is 12.9. The molecule has 1 fully saturated rings. The summed E-state index contributed by atoms with van der Waals surface area (Å²) in [6.45, 7) is 7.10. The Kier molecular flexibility index (Phi) is 4.95. The van der Waals surface area contributed by atoms with Crippen LogP contribution in [-0.4, -0.2) is 37.4 Å². The third kappa shape index (κ3) is 3.48. The predicted molar refractivity (Wildman–Crippen MR) is 106 cm³/mol. The van der Waals surface area contributed by atoms with Gasteiger partial charge in [-0.15, -0.1) is 16.4 Å². The van der Waals surface area contributed by atoms with Gasteiger partial charge >= 0.3 is 5.69 Å². The average Bonchev–Trinajstić information content (AvgIpc) is 3.32. The lowest BCUT2D eigenvalue weighted by Gasteiger charge is -2.13. The second kappa shape index (κ2) is 7.25. The lowest BCUT2D eigenvalue weighted by Crippen LogP contribution is -2.25. The Labute approximate surface area is 163 Å². The molecule has 10 heteroatoms. The van der Waals surface area contributed by atoms with Gasteiger partial charge < -0.3 is 9.72 Å². The van der Waals surface area contributed by atoms with Crippen molar-refractivity contribution in [2.75, 3.05) is 6.61 Å². The van der Waals surface area contributed by atoms with Gasteiger partial charge in [-0.2, -0.15) is 0 Å². The van der Waals surface area contributed by atoms with Crippen molar-refractivity contribution in [2.24, 2.45) is 0 Å². The number of nitrogens with one attached hydrogen (secondary N) is 2. The number of aromatic amines is 2. The van der Waals surface area contributed by atoms with E-state index in [4.69, 9.17) is 4.74 Å². The van der Waals surface area contributed by atoms with Crippen LogP contribution in [0, 0.1) is 13.8 Å². The fourth-order valence-corrected chi connectivity index (χ4v) is 5.18. The van der Waals surface area contributed by atoms with Gasteiger partial charge in [-0.25, -0.2) is 14.9 Å². The highest BCUT2D eigenvalue weighted by atomic mass is 32.2. The molecule has 2 N–H and O–H groups in total. The number of H-pyrrole nitrogens is 2. The van der Waals surface area contributed by atoms with Gasteiger partial charge in [0.1, 0.15) is 10.7 Å². The van der Waals surface area contributed by atoms with E-state index in [1.54, 1.807) is 4.57 Å². The number of nitrogens with zero attached hydrogens (tertiary/aromatic N) is 3. The molecule has 4 heterocycles. The molecule has 27 heavy (non-hydrogen) atoms. The van der Waals surface area contributed by atoms with Gasteiger partial charge in [0.25, 0.3) is 5.56 Å². The highest BCUT2D eigenvalue weighted by molar-refractivity contribution is 7.99. The lowest BCUT2D eigenvalue weighted by molar-refractivity contribution is 0.0941. The second-order valence-corrected chi connectivity index (χ2v) is 9.24. The first-order valence-electron chi connectivity index (χ1n) is 8.87. The summed E-state index contributed by atoms with van der Waals surface area (Å²) in [4.78, 5) is 34.0. The molecule has 1 aliphatic rings. The Morgan fingerprint density at radius 3 is 2.96 bits per heavy atom. The predicted octanol–water partition coefficient (Wildman–Crippen LogP) is 2.52. The molecule has 3 aromatic heterocycles. The number of aryl methyl sites for hydroxylation is 2. The molecule has 0 saturated carbocycles. The molecule has 8 nitrogen and oxygen atoms in total. The molecule has 4 rings (SSSR count). The van der Waals surface area contributed by atoms with E-state index in [9.17, 15) is 9.59 Å². The maximum Gasteiger partial charge on any atom is 0.344 e. The normalized spacial score (nSPS) is 18.4. The minimum atomic E-state index is -0.249. The van der Waals surface area contributed by atoms with Crippen LogP contribution < -0.4 is 11.2 Å². The van der Waals surface area contributed by atoms with Gasteiger partial charge in [-0.3, -0.25) is 9.36 Å². The van der Waals surface area contributed by atoms with Crippen molar-refractivity contribution in [3.63, 3.8) is 0 Å². The van der Waals surface area contributed by atoms with E-state index < -0.39 is 0 Å². The van der Waals surface area contributed by atoms with E-state index >= 15 is 0 Å². The number of hydrogen-bond donors (Lipinski definition) is 2. The maximum absolute atomic E-state index is 12.5. The molecule has 1 aliphatic heterocycles. The Hall–Kier alpha value is -1.91. The third-order valence-corrected chi connectivity index (χ3v) is 7.06. The summed E-state index contributed by atoms with van der Waals surface area (Å²) in [6.07, 6.45) is 2.00. The smallest absolute Gasteiger partial charge is 0.344 e. The van der Waals surface area contributed by atoms with E-state index in [-0.39, 0.29) is 22.6 Å². The van der Waals surface area contributed by atoms with Crippen LogP contribution in [0.5, 0.6) is 0 Å². The van der Waals surface area contributed by atoms with Crippen LogP contribution in [-0.2, 0) is 11.3 Å². The first kappa shape index (κ1) is 18.5. The SMILES string of the molecule is Cc1sc2nc(C(C)Sc3n[nH]c(=O)n3CC3CCCO3)[nH]c(=O)c2c1C. The third-order valence-electron chi connectivity index (χ3n) is 4.86. The van der Waals surface area contributed by atoms with Crippen molar-refractivity contribution in [1.82, 2.24) is 24.7 Å². The molecule has 2 atom stereocenters. The van der Waals surface area contributed by atoms with Gasteiger partial charge in [0.05, 0.1) is 23.3 Å². The molecule has 3 aromatic rings. The fraction of sp³-hybridized carbons (Fsp3) is 0.529. The molecular formula is C17H21N5O3S2. The van der Waals surface area contributed by atoms with Crippen LogP contribution in [0.4, 0.5) is 0 Å². The molecule has 0 bridgehead atoms. The molecule has 0 aromatic carbocycles. The summed E-state index contributed by atoms with van der Waals surface area (Å²) in [5, 5.41) is 7.72. The number of fused-ring (bicyclic) bond motifs is 1. The van der Waals surface area contributed by atoms with Gasteiger partial charge in [0, 0.05) is 11.5 Å². The van der Waals surface area contributed by atoms with Crippen LogP contribution in [0.3, 0.4) is 0 Å². The number of rotatable bonds is 5. The summed E-state index contributed by atoms with van der Waals surface area (Å²) >= 11 is 2.92. The summed E-state index contributed by atoms with van der Waals surface area (Å²) in [5.41, 5.74) is 0.609. The van der Waals surface area contributed by atoms with Crippen LogP contribution in [0.15, 0.2) is 14.7 Å². The topological polar surface area (TPSA) is 106 Å². The van der Waals surface area contributed by atoms with Crippen LogP contribution in [0.2, 0.25) is 0 Å². The Morgan fingerprint density at radius 2 is 2.22 bits per heavy atom. The molecule has 1 saturated heterocycles. The Bertz CT molecular complexity index is 1090. The largest absolute Gasteiger partial charge is 0.376 e. The molecule has 144 valence electrons. The molecule has 0 radical (unpaired) electrons. The van der Waals surface area contributed by atoms with Crippen LogP contribution in [0.25, 0.3) is 10.2 Å². The standard InChI is InChI=1S/C17H21N5O3S2/c1-8-9(2)26-15-12(8)14(23)18-13(19-15)10(3)27-17-21-20-16(24)22(17)7-11-5-4-6-25-11/h10-11H,4-7H2,1-3H3,(H,20,24)(H,18,19,23). The number of aromatic nitrogens is 5. The van der Waals surface area contributed by atoms with E-state index in [0.717, 1.165) is 34.7 Å². The fourth-order valence-electron chi connectivity index (χ4n) is 3.22. The molecule has 0 aliphatic carbocycles. The summed E-state index contributed by atoms with van der Waals surface area (Å²) in [5.74, 6) is 0.581. The summed E-state index contributed by atoms with van der Waals surface area (Å²) in [6, 6.07) is 0. The molecule has 2 unspecified atom stereocenters. The van der Waals surface area contributed by atoms with E-state index in [1.165, 1.54) is 23.1 Å². The maximum atomic E-state index is 12.5. The zero-order valence-corrected chi connectivity index (χ0v) is 17.0. The average molecular weight is 408 g/mol. The van der Waals surface area contributed by atoms with E-state index in [2.05, 4.69) is 20.2 Å². The van der Waals surface area contributed by atoms with Crippen molar-refractivity contribution in [3.8, 4) is 0 Å². The van der Waals surface area contributed by atoms with E-state index in [1.807, 2.05) is 20.8 Å². The van der Waals surface area contributed by atoms with Crippen molar-refractivity contribution >= 4 is 33.3 Å². The zero-order valence-electron chi connectivity index (χ0n) is 15.4. The number of thioether (sulfide) groups is 1. The van der Waals surface area contributed by atoms with Crippen molar-refractivity contribution in [1.29, 1.82) is 0 Å². The molecular weight excluding hydrogens is 386 g/mol. The monoisotopic (exact) mass is 407 g/mol. The highest BCUT2D eigenvalue weighted by Crippen LogP contribution is 2.33. The van der Waals surface area contributed by atoms with Gasteiger partial charge in [-0.05, 0) is 39.2 Å². The summed E-state index contributed by atoms with van der Waals surface area (Å²) in [7, 11) is 0. The minimum absolute atomic E-state index is 0.0429. The number of ether oxygens (including phenoxy) is 1. The number of hydrogen-bond acceptors (Lipinski definition) is 7. The number of thiophene rings is 1. The summed E-state index contributed by atoms with van der Waals surface area (Å²) < 4.78 is 7.24. The second-order valence-electron chi connectivity index (χ2n) is 6.73. The lowest BCUT2D eigenvalue weighted by atomic mass is 10.2. The molecule has 0 amide bonds. The van der Waals surface area contributed by atoms with Crippen LogP contribution in [0.1, 0.15) is 41.3 Å². The first-order valence-corrected chi connectivity index (χ1v) is 10.6. The molecule has 0 spiro atoms. The van der Waals surface area contributed by atoms with Crippen LogP contribution >= 0.6 is 23.1 Å². The Morgan fingerprint density at radius 1 is 1.41 bits per heavy atom.